The Balaban J connectivity index is 2.30. The molecule has 15 heavy (non-hydrogen) atoms. The zero-order valence-corrected chi connectivity index (χ0v) is 10.9. The van der Waals surface area contributed by atoms with Crippen molar-refractivity contribution in [3.8, 4) is 0 Å². The van der Waals surface area contributed by atoms with Crippen molar-refractivity contribution in [2.75, 3.05) is 5.75 Å². The first-order chi connectivity index (χ1) is 7.22. The fourth-order valence-electron chi connectivity index (χ4n) is 1.12. The Labute approximate surface area is 104 Å². The molecule has 82 valence electrons. The molecule has 0 heterocycles. The second-order valence-corrected chi connectivity index (χ2v) is 5.29. The van der Waals surface area contributed by atoms with Crippen molar-refractivity contribution in [1.29, 1.82) is 0 Å². The quantitative estimate of drug-likeness (QED) is 0.633. The third-order valence-electron chi connectivity index (χ3n) is 1.96. The number of aliphatic hydroxyl groups excluding tert-OH is 1. The normalized spacial score (nSPS) is 12.4. The lowest BCUT2D eigenvalue weighted by Crippen LogP contribution is -2.08. The minimum atomic E-state index is -0.239. The predicted molar refractivity (Wildman–Crippen MR) is 70.3 cm³/mol. The van der Waals surface area contributed by atoms with E-state index in [2.05, 4.69) is 34.6 Å². The molecule has 0 bridgehead atoms. The van der Waals surface area contributed by atoms with Gasteiger partial charge in [0, 0.05) is 15.1 Å². The number of aliphatic hydroxyl groups is 1. The van der Waals surface area contributed by atoms with Crippen molar-refractivity contribution >= 4 is 27.7 Å². The van der Waals surface area contributed by atoms with E-state index >= 15 is 0 Å². The molecule has 1 nitrogen and oxygen atoms in total. The number of hydrogen-bond donors (Lipinski definition) is 1. The molecule has 0 fully saturated rings. The van der Waals surface area contributed by atoms with Crippen LogP contribution in [0.2, 0.25) is 0 Å². The van der Waals surface area contributed by atoms with Crippen LogP contribution in [0.25, 0.3) is 0 Å². The van der Waals surface area contributed by atoms with Crippen LogP contribution in [-0.4, -0.2) is 17.0 Å². The number of hydrogen-bond acceptors (Lipinski definition) is 2. The van der Waals surface area contributed by atoms with Crippen molar-refractivity contribution in [3.05, 3.63) is 41.4 Å². The second kappa shape index (κ2) is 7.09. The SMILES string of the molecule is C=CCCC(O)CSc1ccc(Br)cc1. The first kappa shape index (κ1) is 12.8. The molecule has 0 aliphatic rings. The van der Waals surface area contributed by atoms with Gasteiger partial charge in [0.2, 0.25) is 0 Å². The second-order valence-electron chi connectivity index (χ2n) is 3.28. The highest BCUT2D eigenvalue weighted by molar-refractivity contribution is 9.10. The third kappa shape index (κ3) is 5.40. The van der Waals surface area contributed by atoms with Crippen molar-refractivity contribution in [3.63, 3.8) is 0 Å². The van der Waals surface area contributed by atoms with Gasteiger partial charge in [-0.1, -0.05) is 22.0 Å². The number of halogens is 1. The lowest BCUT2D eigenvalue weighted by Gasteiger charge is -2.08. The molecular weight excluding hydrogens is 272 g/mol. The lowest BCUT2D eigenvalue weighted by molar-refractivity contribution is 0.190. The standard InChI is InChI=1S/C12H15BrOS/c1-2-3-4-11(14)9-15-12-7-5-10(13)6-8-12/h2,5-8,11,14H,1,3-4,9H2. The van der Waals surface area contributed by atoms with Gasteiger partial charge in [-0.2, -0.15) is 0 Å². The maximum atomic E-state index is 9.62. The maximum Gasteiger partial charge on any atom is 0.0637 e. The molecule has 0 aliphatic heterocycles. The summed E-state index contributed by atoms with van der Waals surface area (Å²) in [6, 6.07) is 8.13. The molecule has 0 saturated carbocycles. The van der Waals surface area contributed by atoms with E-state index in [1.54, 1.807) is 11.8 Å². The topological polar surface area (TPSA) is 20.2 Å². The van der Waals surface area contributed by atoms with Crippen LogP contribution in [0, 0.1) is 0 Å². The molecule has 1 aromatic rings. The van der Waals surface area contributed by atoms with Gasteiger partial charge in [-0.15, -0.1) is 18.3 Å². The van der Waals surface area contributed by atoms with Gasteiger partial charge in [0.25, 0.3) is 0 Å². The van der Waals surface area contributed by atoms with E-state index in [4.69, 9.17) is 0 Å². The van der Waals surface area contributed by atoms with Gasteiger partial charge in [0.05, 0.1) is 6.10 Å². The summed E-state index contributed by atoms with van der Waals surface area (Å²) in [7, 11) is 0. The van der Waals surface area contributed by atoms with E-state index in [1.807, 2.05) is 18.2 Å². The van der Waals surface area contributed by atoms with Gasteiger partial charge in [0.15, 0.2) is 0 Å². The summed E-state index contributed by atoms with van der Waals surface area (Å²) >= 11 is 5.07. The molecule has 0 aromatic heterocycles. The molecule has 1 aromatic carbocycles. The molecular formula is C12H15BrOS. The summed E-state index contributed by atoms with van der Waals surface area (Å²) in [5, 5.41) is 9.62. The summed E-state index contributed by atoms with van der Waals surface area (Å²) in [4.78, 5) is 1.19. The fourth-order valence-corrected chi connectivity index (χ4v) is 2.26. The Kier molecular flexibility index (Phi) is 6.06. The minimum Gasteiger partial charge on any atom is -0.392 e. The monoisotopic (exact) mass is 286 g/mol. The Hall–Kier alpha value is -0.250. The first-order valence-electron chi connectivity index (χ1n) is 4.89. The van der Waals surface area contributed by atoms with Gasteiger partial charge in [0.1, 0.15) is 0 Å². The molecule has 0 amide bonds. The van der Waals surface area contributed by atoms with E-state index < -0.39 is 0 Å². The van der Waals surface area contributed by atoms with Gasteiger partial charge in [-0.05, 0) is 37.1 Å². The average molecular weight is 287 g/mol. The van der Waals surface area contributed by atoms with Crippen molar-refractivity contribution < 1.29 is 5.11 Å². The number of allylic oxidation sites excluding steroid dienone is 1. The molecule has 1 rings (SSSR count). The van der Waals surface area contributed by atoms with E-state index in [0.29, 0.717) is 0 Å². The van der Waals surface area contributed by atoms with Crippen LogP contribution in [0.15, 0.2) is 46.3 Å². The first-order valence-corrected chi connectivity index (χ1v) is 6.67. The zero-order valence-electron chi connectivity index (χ0n) is 8.53. The van der Waals surface area contributed by atoms with Crippen LogP contribution in [0.4, 0.5) is 0 Å². The average Bonchev–Trinajstić information content (AvgIpc) is 2.25. The summed E-state index contributed by atoms with van der Waals surface area (Å²) in [5.41, 5.74) is 0. The summed E-state index contributed by atoms with van der Waals surface area (Å²) < 4.78 is 1.08. The van der Waals surface area contributed by atoms with E-state index in [-0.39, 0.29) is 6.10 Å². The smallest absolute Gasteiger partial charge is 0.0637 e. The molecule has 1 atom stereocenters. The molecule has 0 aliphatic carbocycles. The van der Waals surface area contributed by atoms with E-state index in [1.165, 1.54) is 4.90 Å². The Bertz CT molecular complexity index is 297. The largest absolute Gasteiger partial charge is 0.392 e. The van der Waals surface area contributed by atoms with Crippen LogP contribution >= 0.6 is 27.7 Å². The van der Waals surface area contributed by atoms with Crippen LogP contribution in [0.3, 0.4) is 0 Å². The fraction of sp³-hybridized carbons (Fsp3) is 0.333. The molecule has 3 heteroatoms. The van der Waals surface area contributed by atoms with Crippen LogP contribution in [-0.2, 0) is 0 Å². The number of rotatable bonds is 6. The minimum absolute atomic E-state index is 0.239. The summed E-state index contributed by atoms with van der Waals surface area (Å²) in [6.45, 7) is 3.64. The Morgan fingerprint density at radius 2 is 2.07 bits per heavy atom. The van der Waals surface area contributed by atoms with Crippen LogP contribution < -0.4 is 0 Å². The highest BCUT2D eigenvalue weighted by Crippen LogP contribution is 2.22. The van der Waals surface area contributed by atoms with E-state index in [0.717, 1.165) is 23.1 Å². The molecule has 1 N–H and O–H groups in total. The summed E-state index contributed by atoms with van der Waals surface area (Å²) in [6.07, 6.45) is 3.28. The third-order valence-corrected chi connectivity index (χ3v) is 3.65. The van der Waals surface area contributed by atoms with Crippen molar-refractivity contribution in [2.45, 2.75) is 23.8 Å². The molecule has 0 spiro atoms. The lowest BCUT2D eigenvalue weighted by atomic mass is 10.2. The molecule has 1 unspecified atom stereocenters. The zero-order chi connectivity index (χ0) is 11.1. The Morgan fingerprint density at radius 3 is 2.67 bits per heavy atom. The predicted octanol–water partition coefficient (Wildman–Crippen LogP) is 3.87. The molecule has 0 radical (unpaired) electrons. The van der Waals surface area contributed by atoms with Crippen LogP contribution in [0.5, 0.6) is 0 Å². The van der Waals surface area contributed by atoms with Crippen molar-refractivity contribution in [1.82, 2.24) is 0 Å². The van der Waals surface area contributed by atoms with Gasteiger partial charge in [-0.3, -0.25) is 0 Å². The highest BCUT2D eigenvalue weighted by atomic mass is 79.9. The highest BCUT2D eigenvalue weighted by Gasteiger charge is 2.03. The van der Waals surface area contributed by atoms with Gasteiger partial charge in [-0.25, -0.2) is 0 Å². The number of benzene rings is 1. The van der Waals surface area contributed by atoms with Gasteiger partial charge < -0.3 is 5.11 Å². The number of thioether (sulfide) groups is 1. The Morgan fingerprint density at radius 1 is 1.40 bits per heavy atom. The van der Waals surface area contributed by atoms with Gasteiger partial charge >= 0.3 is 0 Å². The van der Waals surface area contributed by atoms with E-state index in [9.17, 15) is 5.11 Å². The van der Waals surface area contributed by atoms with Crippen molar-refractivity contribution in [2.24, 2.45) is 0 Å². The molecule has 0 saturated heterocycles. The summed E-state index contributed by atoms with van der Waals surface area (Å²) in [5.74, 6) is 0.746. The van der Waals surface area contributed by atoms with Crippen LogP contribution in [0.1, 0.15) is 12.8 Å². The maximum absolute atomic E-state index is 9.62.